The van der Waals surface area contributed by atoms with E-state index in [2.05, 4.69) is 15.5 Å². The van der Waals surface area contributed by atoms with E-state index in [0.29, 0.717) is 33.8 Å². The van der Waals surface area contributed by atoms with Gasteiger partial charge >= 0.3 is 5.97 Å². The molecule has 0 atom stereocenters. The van der Waals surface area contributed by atoms with Crippen LogP contribution >= 0.6 is 23.1 Å². The predicted molar refractivity (Wildman–Crippen MR) is 143 cm³/mol. The molecule has 0 unspecified atom stereocenters. The van der Waals surface area contributed by atoms with Gasteiger partial charge in [-0.3, -0.25) is 4.79 Å². The summed E-state index contributed by atoms with van der Waals surface area (Å²) in [6.07, 6.45) is 0. The van der Waals surface area contributed by atoms with Crippen LogP contribution in [0.25, 0.3) is 22.5 Å². The van der Waals surface area contributed by atoms with Crippen LogP contribution in [0.1, 0.15) is 22.2 Å². The lowest BCUT2D eigenvalue weighted by Gasteiger charge is -2.10. The summed E-state index contributed by atoms with van der Waals surface area (Å²) < 4.78 is 12.4. The largest absolute Gasteiger partial charge is 0.496 e. The first-order chi connectivity index (χ1) is 17.5. The predicted octanol–water partition coefficient (Wildman–Crippen LogP) is 5.53. The minimum Gasteiger partial charge on any atom is -0.496 e. The van der Waals surface area contributed by atoms with E-state index >= 15 is 0 Å². The second-order valence-electron chi connectivity index (χ2n) is 7.68. The lowest BCUT2D eigenvalue weighted by molar-refractivity contribution is -0.113. The number of thioether (sulfide) groups is 1. The standard InChI is InChI=1S/C26H26N4O4S2/c1-5-30-23(18-13-9-10-14-19(18)33-3)28-29-26(30)35-15-20(31)27-24-22(25(32)34-4)21(16(2)36-24)17-11-7-6-8-12-17/h6-14H,5,15H2,1-4H3,(H,27,31). The van der Waals surface area contributed by atoms with Crippen LogP contribution in [0.3, 0.4) is 0 Å². The second-order valence-corrected chi connectivity index (χ2v) is 9.85. The fourth-order valence-corrected chi connectivity index (χ4v) is 5.77. The van der Waals surface area contributed by atoms with Crippen LogP contribution in [0.4, 0.5) is 5.00 Å². The number of amides is 1. The molecule has 2 heterocycles. The van der Waals surface area contributed by atoms with Gasteiger partial charge in [0.15, 0.2) is 11.0 Å². The van der Waals surface area contributed by atoms with E-state index in [1.165, 1.54) is 30.2 Å². The van der Waals surface area contributed by atoms with Gasteiger partial charge in [0.25, 0.3) is 0 Å². The average molecular weight is 523 g/mol. The summed E-state index contributed by atoms with van der Waals surface area (Å²) >= 11 is 2.63. The summed E-state index contributed by atoms with van der Waals surface area (Å²) in [4.78, 5) is 26.5. The first kappa shape index (κ1) is 25.5. The zero-order valence-electron chi connectivity index (χ0n) is 20.4. The molecule has 4 rings (SSSR count). The third-order valence-electron chi connectivity index (χ3n) is 5.50. The van der Waals surface area contributed by atoms with Crippen molar-refractivity contribution in [2.45, 2.75) is 25.5 Å². The van der Waals surface area contributed by atoms with E-state index in [0.717, 1.165) is 21.6 Å². The van der Waals surface area contributed by atoms with Gasteiger partial charge < -0.3 is 19.4 Å². The molecule has 36 heavy (non-hydrogen) atoms. The number of para-hydroxylation sites is 1. The van der Waals surface area contributed by atoms with Gasteiger partial charge in [-0.15, -0.1) is 21.5 Å². The number of nitrogens with zero attached hydrogens (tertiary/aromatic N) is 3. The number of aromatic nitrogens is 3. The summed E-state index contributed by atoms with van der Waals surface area (Å²) in [6, 6.07) is 17.2. The summed E-state index contributed by atoms with van der Waals surface area (Å²) in [7, 11) is 2.95. The molecule has 1 N–H and O–H groups in total. The number of carbonyl (C=O) groups is 2. The molecule has 1 amide bonds. The van der Waals surface area contributed by atoms with Crippen LogP contribution in [0, 0.1) is 6.92 Å². The highest BCUT2D eigenvalue weighted by atomic mass is 32.2. The van der Waals surface area contributed by atoms with Crippen LogP contribution in [0.5, 0.6) is 5.75 Å². The van der Waals surface area contributed by atoms with Gasteiger partial charge in [0.1, 0.15) is 16.3 Å². The van der Waals surface area contributed by atoms with Gasteiger partial charge in [-0.25, -0.2) is 4.79 Å². The minimum absolute atomic E-state index is 0.0995. The third kappa shape index (κ3) is 5.14. The second kappa shape index (κ2) is 11.4. The number of anilines is 1. The van der Waals surface area contributed by atoms with Crippen LogP contribution in [0.15, 0.2) is 59.8 Å². The molecule has 0 saturated heterocycles. The van der Waals surface area contributed by atoms with E-state index < -0.39 is 5.97 Å². The minimum atomic E-state index is -0.492. The van der Waals surface area contributed by atoms with Crippen LogP contribution in [-0.2, 0) is 16.1 Å². The molecule has 0 bridgehead atoms. The number of hydrogen-bond acceptors (Lipinski definition) is 8. The number of benzene rings is 2. The van der Waals surface area contributed by atoms with Gasteiger partial charge in [0.2, 0.25) is 5.91 Å². The van der Waals surface area contributed by atoms with E-state index in [1.54, 1.807) is 7.11 Å². The number of ether oxygens (including phenoxy) is 2. The summed E-state index contributed by atoms with van der Waals surface area (Å²) in [6.45, 7) is 4.54. The van der Waals surface area contributed by atoms with E-state index in [9.17, 15) is 9.59 Å². The number of hydrogen-bond donors (Lipinski definition) is 1. The number of methoxy groups -OCH3 is 2. The monoisotopic (exact) mass is 522 g/mol. The number of carbonyl (C=O) groups excluding carboxylic acids is 2. The SMILES string of the molecule is CCn1c(SCC(=O)Nc2sc(C)c(-c3ccccc3)c2C(=O)OC)nnc1-c1ccccc1OC. The Bertz CT molecular complexity index is 1380. The summed E-state index contributed by atoms with van der Waals surface area (Å²) in [5, 5.41) is 12.6. The molecule has 10 heteroatoms. The molecule has 0 fully saturated rings. The van der Waals surface area contributed by atoms with Crippen molar-refractivity contribution in [3.8, 4) is 28.3 Å². The molecule has 0 saturated carbocycles. The zero-order valence-corrected chi connectivity index (χ0v) is 22.0. The number of thiophene rings is 1. The first-order valence-corrected chi connectivity index (χ1v) is 13.0. The maximum Gasteiger partial charge on any atom is 0.341 e. The lowest BCUT2D eigenvalue weighted by atomic mass is 10.0. The Balaban J connectivity index is 1.54. The maximum atomic E-state index is 12.9. The van der Waals surface area contributed by atoms with Crippen molar-refractivity contribution < 1.29 is 19.1 Å². The van der Waals surface area contributed by atoms with Gasteiger partial charge in [0, 0.05) is 17.0 Å². The fraction of sp³-hybridized carbons (Fsp3) is 0.231. The molecule has 2 aromatic carbocycles. The Kier molecular flexibility index (Phi) is 8.07. The number of esters is 1. The summed E-state index contributed by atoms with van der Waals surface area (Å²) in [5.41, 5.74) is 2.85. The highest BCUT2D eigenvalue weighted by Gasteiger charge is 2.25. The molecule has 0 aliphatic heterocycles. The summed E-state index contributed by atoms with van der Waals surface area (Å²) in [5.74, 6) is 0.727. The van der Waals surface area contributed by atoms with Crippen molar-refractivity contribution in [3.05, 3.63) is 65.0 Å². The smallest absolute Gasteiger partial charge is 0.341 e. The number of nitrogens with one attached hydrogen (secondary N) is 1. The van der Waals surface area contributed by atoms with Gasteiger partial charge in [-0.05, 0) is 31.5 Å². The Morgan fingerprint density at radius 2 is 1.78 bits per heavy atom. The first-order valence-electron chi connectivity index (χ1n) is 11.2. The number of rotatable bonds is 9. The Labute approximate surface area is 217 Å². The molecule has 0 aliphatic carbocycles. The quantitative estimate of drug-likeness (QED) is 0.228. The van der Waals surface area contributed by atoms with Crippen molar-refractivity contribution in [2.24, 2.45) is 0 Å². The van der Waals surface area contributed by atoms with Crippen molar-refractivity contribution in [1.29, 1.82) is 0 Å². The fourth-order valence-electron chi connectivity index (χ4n) is 3.88. The van der Waals surface area contributed by atoms with E-state index in [-0.39, 0.29) is 11.7 Å². The van der Waals surface area contributed by atoms with Gasteiger partial charge in [-0.1, -0.05) is 54.2 Å². The molecular weight excluding hydrogens is 496 g/mol. The van der Waals surface area contributed by atoms with Crippen LogP contribution < -0.4 is 10.1 Å². The molecule has 0 aliphatic rings. The van der Waals surface area contributed by atoms with Gasteiger partial charge in [-0.2, -0.15) is 0 Å². The van der Waals surface area contributed by atoms with Crippen LogP contribution in [-0.4, -0.2) is 46.6 Å². The molecule has 4 aromatic rings. The Hall–Kier alpha value is -3.63. The molecule has 0 spiro atoms. The van der Waals surface area contributed by atoms with E-state index in [4.69, 9.17) is 9.47 Å². The van der Waals surface area contributed by atoms with Crippen molar-refractivity contribution in [2.75, 3.05) is 25.3 Å². The van der Waals surface area contributed by atoms with Crippen LogP contribution in [0.2, 0.25) is 0 Å². The van der Waals surface area contributed by atoms with Crippen molar-refractivity contribution in [1.82, 2.24) is 14.8 Å². The molecule has 186 valence electrons. The average Bonchev–Trinajstić information content (AvgIpc) is 3.47. The molecule has 0 radical (unpaired) electrons. The highest BCUT2D eigenvalue weighted by Crippen LogP contribution is 2.40. The normalized spacial score (nSPS) is 10.8. The Morgan fingerprint density at radius 3 is 2.47 bits per heavy atom. The lowest BCUT2D eigenvalue weighted by Crippen LogP contribution is -2.16. The Morgan fingerprint density at radius 1 is 1.06 bits per heavy atom. The van der Waals surface area contributed by atoms with Gasteiger partial charge in [0.05, 0.1) is 25.5 Å². The maximum absolute atomic E-state index is 12.9. The van der Waals surface area contributed by atoms with E-state index in [1.807, 2.05) is 73.0 Å². The van der Waals surface area contributed by atoms with Crippen molar-refractivity contribution >= 4 is 40.0 Å². The number of aryl methyl sites for hydroxylation is 1. The molecular formula is C26H26N4O4S2. The highest BCUT2D eigenvalue weighted by molar-refractivity contribution is 7.99. The third-order valence-corrected chi connectivity index (χ3v) is 7.49. The van der Waals surface area contributed by atoms with Crippen molar-refractivity contribution in [3.63, 3.8) is 0 Å². The zero-order chi connectivity index (χ0) is 25.7. The molecule has 8 nitrogen and oxygen atoms in total. The topological polar surface area (TPSA) is 95.3 Å². The molecule has 2 aromatic heterocycles.